The molecule has 1 aliphatic heterocycles. The molecule has 1 atom stereocenters. The van der Waals surface area contributed by atoms with E-state index in [1.165, 1.54) is 19.1 Å². The number of hydrogen-bond acceptors (Lipinski definition) is 7. The summed E-state index contributed by atoms with van der Waals surface area (Å²) < 4.78 is 16.0. The standard InChI is InChI=1S/C30H32N2O6/c1-6-31(7-2)20-10-12-21(13-11-20)32-27(19-8-14-22(36-3)15-9-19)26(29(34)30(32)35)28(33)24-17-16-23(37-4)18-25(24)38-5/h8-18,27,33H,6-7H2,1-5H3/b28-26-. The first-order valence-electron chi connectivity index (χ1n) is 12.4. The zero-order valence-electron chi connectivity index (χ0n) is 22.2. The lowest BCUT2D eigenvalue weighted by atomic mass is 9.94. The summed E-state index contributed by atoms with van der Waals surface area (Å²) in [7, 11) is 4.55. The van der Waals surface area contributed by atoms with Crippen molar-refractivity contribution in [2.45, 2.75) is 19.9 Å². The SMILES string of the molecule is CCN(CC)c1ccc(N2C(=O)C(=O)/C(=C(\O)c3ccc(OC)cc3OC)C2c2ccc(OC)cc2)cc1. The number of methoxy groups -OCH3 is 3. The van der Waals surface area contributed by atoms with E-state index in [1.807, 2.05) is 24.3 Å². The first-order valence-corrected chi connectivity index (χ1v) is 12.4. The molecule has 1 N–H and O–H groups in total. The number of carbonyl (C=O) groups excluding carboxylic acids is 2. The van der Waals surface area contributed by atoms with E-state index in [4.69, 9.17) is 14.2 Å². The lowest BCUT2D eigenvalue weighted by Crippen LogP contribution is -2.29. The van der Waals surface area contributed by atoms with Gasteiger partial charge in [-0.3, -0.25) is 14.5 Å². The van der Waals surface area contributed by atoms with Crippen molar-refractivity contribution >= 4 is 28.8 Å². The quantitative estimate of drug-likeness (QED) is 0.238. The molecule has 0 aromatic heterocycles. The number of ether oxygens (including phenoxy) is 3. The molecule has 8 nitrogen and oxygen atoms in total. The van der Waals surface area contributed by atoms with Gasteiger partial charge in [-0.1, -0.05) is 12.1 Å². The molecule has 1 saturated heterocycles. The van der Waals surface area contributed by atoms with Gasteiger partial charge < -0.3 is 24.2 Å². The molecule has 0 saturated carbocycles. The second-order valence-electron chi connectivity index (χ2n) is 8.70. The summed E-state index contributed by atoms with van der Waals surface area (Å²) >= 11 is 0. The third kappa shape index (κ3) is 4.77. The molecule has 38 heavy (non-hydrogen) atoms. The van der Waals surface area contributed by atoms with Crippen LogP contribution in [0.1, 0.15) is 31.0 Å². The fourth-order valence-corrected chi connectivity index (χ4v) is 4.75. The predicted octanol–water partition coefficient (Wildman–Crippen LogP) is 5.18. The van der Waals surface area contributed by atoms with Crippen molar-refractivity contribution < 1.29 is 28.9 Å². The minimum Gasteiger partial charge on any atom is -0.507 e. The fourth-order valence-electron chi connectivity index (χ4n) is 4.75. The van der Waals surface area contributed by atoms with E-state index in [1.54, 1.807) is 49.6 Å². The Morgan fingerprint density at radius 1 is 0.842 bits per heavy atom. The molecule has 0 aliphatic carbocycles. The van der Waals surface area contributed by atoms with Gasteiger partial charge in [-0.15, -0.1) is 0 Å². The maximum absolute atomic E-state index is 13.5. The van der Waals surface area contributed by atoms with Crippen LogP contribution in [0.3, 0.4) is 0 Å². The molecule has 3 aromatic rings. The van der Waals surface area contributed by atoms with Crippen molar-refractivity contribution in [1.29, 1.82) is 0 Å². The highest BCUT2D eigenvalue weighted by atomic mass is 16.5. The monoisotopic (exact) mass is 516 g/mol. The second-order valence-corrected chi connectivity index (χ2v) is 8.70. The van der Waals surface area contributed by atoms with Crippen LogP contribution < -0.4 is 24.0 Å². The number of amides is 1. The highest BCUT2D eigenvalue weighted by molar-refractivity contribution is 6.51. The highest BCUT2D eigenvalue weighted by Crippen LogP contribution is 2.44. The van der Waals surface area contributed by atoms with Crippen molar-refractivity contribution in [2.24, 2.45) is 0 Å². The van der Waals surface area contributed by atoms with Gasteiger partial charge in [0.1, 0.15) is 23.0 Å². The molecule has 1 heterocycles. The summed E-state index contributed by atoms with van der Waals surface area (Å²) in [6.45, 7) is 5.84. The molecule has 1 amide bonds. The summed E-state index contributed by atoms with van der Waals surface area (Å²) in [4.78, 5) is 30.6. The molecule has 0 bridgehead atoms. The van der Waals surface area contributed by atoms with Crippen LogP contribution in [0.25, 0.3) is 5.76 Å². The summed E-state index contributed by atoms with van der Waals surface area (Å²) in [6.07, 6.45) is 0. The minimum absolute atomic E-state index is 0.0311. The van der Waals surface area contributed by atoms with Crippen LogP contribution in [0.15, 0.2) is 72.3 Å². The molecule has 1 fully saturated rings. The molecule has 3 aromatic carbocycles. The van der Waals surface area contributed by atoms with Crippen molar-refractivity contribution in [1.82, 2.24) is 0 Å². The Hall–Kier alpha value is -4.46. The van der Waals surface area contributed by atoms with Crippen molar-refractivity contribution in [3.63, 3.8) is 0 Å². The summed E-state index contributed by atoms with van der Waals surface area (Å²) in [5, 5.41) is 11.5. The van der Waals surface area contributed by atoms with E-state index in [0.717, 1.165) is 18.8 Å². The third-order valence-corrected chi connectivity index (χ3v) is 6.80. The van der Waals surface area contributed by atoms with Gasteiger partial charge in [0.25, 0.3) is 11.7 Å². The molecule has 0 spiro atoms. The molecule has 1 aliphatic rings. The number of Topliss-reactive ketones (excluding diaryl/α,β-unsaturated/α-hetero) is 1. The maximum atomic E-state index is 13.5. The van der Waals surface area contributed by atoms with E-state index in [0.29, 0.717) is 28.5 Å². The summed E-state index contributed by atoms with van der Waals surface area (Å²) in [5.74, 6) is -0.370. The average molecular weight is 517 g/mol. The number of nitrogens with zero attached hydrogens (tertiary/aromatic N) is 2. The van der Waals surface area contributed by atoms with E-state index >= 15 is 0 Å². The van der Waals surface area contributed by atoms with Gasteiger partial charge >= 0.3 is 0 Å². The minimum atomic E-state index is -0.869. The Bertz CT molecular complexity index is 1340. The van der Waals surface area contributed by atoms with Crippen LogP contribution >= 0.6 is 0 Å². The van der Waals surface area contributed by atoms with Crippen LogP contribution in [-0.2, 0) is 9.59 Å². The number of anilines is 2. The number of hydrogen-bond donors (Lipinski definition) is 1. The number of ketones is 1. The van der Waals surface area contributed by atoms with E-state index in [9.17, 15) is 14.7 Å². The lowest BCUT2D eigenvalue weighted by Gasteiger charge is -2.27. The van der Waals surface area contributed by atoms with Crippen molar-refractivity contribution in [3.05, 3.63) is 83.4 Å². The Balaban J connectivity index is 1.90. The van der Waals surface area contributed by atoms with Gasteiger partial charge in [0.2, 0.25) is 0 Å². The number of benzene rings is 3. The Kier molecular flexibility index (Phi) is 7.90. The van der Waals surface area contributed by atoms with Crippen LogP contribution in [0.5, 0.6) is 17.2 Å². The first-order chi connectivity index (χ1) is 18.4. The highest BCUT2D eigenvalue weighted by Gasteiger charge is 2.47. The van der Waals surface area contributed by atoms with Crippen LogP contribution in [-0.4, -0.2) is 51.2 Å². The third-order valence-electron chi connectivity index (χ3n) is 6.80. The van der Waals surface area contributed by atoms with E-state index < -0.39 is 17.7 Å². The molecular weight excluding hydrogens is 484 g/mol. The molecule has 4 rings (SSSR count). The summed E-state index contributed by atoms with van der Waals surface area (Å²) in [6, 6.07) is 18.6. The molecular formula is C30H32N2O6. The van der Waals surface area contributed by atoms with Gasteiger partial charge in [0.15, 0.2) is 0 Å². The van der Waals surface area contributed by atoms with Crippen molar-refractivity contribution in [2.75, 3.05) is 44.2 Å². The van der Waals surface area contributed by atoms with Gasteiger partial charge in [0.05, 0.1) is 38.5 Å². The Morgan fingerprint density at radius 3 is 2.00 bits per heavy atom. The molecule has 198 valence electrons. The van der Waals surface area contributed by atoms with Gasteiger partial charge in [0, 0.05) is 30.5 Å². The number of rotatable bonds is 9. The first kappa shape index (κ1) is 26.6. The van der Waals surface area contributed by atoms with Crippen LogP contribution in [0, 0.1) is 0 Å². The van der Waals surface area contributed by atoms with Crippen LogP contribution in [0.2, 0.25) is 0 Å². The van der Waals surface area contributed by atoms with Gasteiger partial charge in [-0.2, -0.15) is 0 Å². The summed E-state index contributed by atoms with van der Waals surface area (Å²) in [5.41, 5.74) is 2.45. The number of aliphatic hydroxyl groups is 1. The largest absolute Gasteiger partial charge is 0.507 e. The number of aliphatic hydroxyl groups excluding tert-OH is 1. The lowest BCUT2D eigenvalue weighted by molar-refractivity contribution is -0.132. The Morgan fingerprint density at radius 2 is 1.45 bits per heavy atom. The normalized spacial score (nSPS) is 16.4. The maximum Gasteiger partial charge on any atom is 0.300 e. The predicted molar refractivity (Wildman–Crippen MR) is 147 cm³/mol. The fraction of sp³-hybridized carbons (Fsp3) is 0.267. The van der Waals surface area contributed by atoms with Gasteiger partial charge in [-0.25, -0.2) is 0 Å². The molecule has 1 unspecified atom stereocenters. The smallest absolute Gasteiger partial charge is 0.300 e. The zero-order valence-corrected chi connectivity index (χ0v) is 22.2. The van der Waals surface area contributed by atoms with Gasteiger partial charge in [-0.05, 0) is 67.9 Å². The van der Waals surface area contributed by atoms with Crippen LogP contribution in [0.4, 0.5) is 11.4 Å². The molecule has 0 radical (unpaired) electrons. The molecule has 8 heteroatoms. The topological polar surface area (TPSA) is 88.5 Å². The van der Waals surface area contributed by atoms with E-state index in [-0.39, 0.29) is 16.9 Å². The number of carbonyl (C=O) groups is 2. The Labute approximate surface area is 222 Å². The van der Waals surface area contributed by atoms with E-state index in [2.05, 4.69) is 18.7 Å². The average Bonchev–Trinajstić information content (AvgIpc) is 3.23. The zero-order chi connectivity index (χ0) is 27.4. The van der Waals surface area contributed by atoms with Crippen molar-refractivity contribution in [3.8, 4) is 17.2 Å². The second kappa shape index (κ2) is 11.3.